The van der Waals surface area contributed by atoms with Gasteiger partial charge < -0.3 is 29.2 Å². The van der Waals surface area contributed by atoms with Crippen LogP contribution in [-0.2, 0) is 25.7 Å². The van der Waals surface area contributed by atoms with Crippen molar-refractivity contribution in [2.24, 2.45) is 4.99 Å². The number of benzene rings is 2. The van der Waals surface area contributed by atoms with Gasteiger partial charge in [0.05, 0.1) is 44.1 Å². The van der Waals surface area contributed by atoms with Gasteiger partial charge in [-0.1, -0.05) is 42.1 Å². The minimum atomic E-state index is -0.621. The predicted molar refractivity (Wildman–Crippen MR) is 153 cm³/mol. The number of aliphatic imine (C=N–C) groups is 1. The molecule has 0 aliphatic carbocycles. The summed E-state index contributed by atoms with van der Waals surface area (Å²) in [5.74, 6) is 0.569. The van der Waals surface area contributed by atoms with Gasteiger partial charge in [0.25, 0.3) is 0 Å². The number of methoxy groups -OCH3 is 2. The number of thioether (sulfide) groups is 1. The van der Waals surface area contributed by atoms with E-state index in [1.165, 1.54) is 11.8 Å². The molecule has 1 N–H and O–H groups in total. The SMILES string of the molecule is COc1ccc([C@@H]2C(C(=O)OCc3ccccc3)=C(C)N=C3SC=C(CC(=O)NC[C@H]4CCCO4)N32)c(OC)c1. The summed E-state index contributed by atoms with van der Waals surface area (Å²) in [5, 5.41) is 5.59. The molecule has 40 heavy (non-hydrogen) atoms. The molecule has 0 unspecified atom stereocenters. The topological polar surface area (TPSA) is 98.7 Å². The van der Waals surface area contributed by atoms with E-state index in [1.807, 2.05) is 52.8 Å². The molecule has 0 aromatic heterocycles. The summed E-state index contributed by atoms with van der Waals surface area (Å²) in [7, 11) is 3.16. The summed E-state index contributed by atoms with van der Waals surface area (Å²) in [6.45, 7) is 3.14. The first-order chi connectivity index (χ1) is 19.5. The largest absolute Gasteiger partial charge is 0.497 e. The number of carbonyl (C=O) groups excluding carboxylic acids is 2. The fourth-order valence-electron chi connectivity index (χ4n) is 5.03. The van der Waals surface area contributed by atoms with Crippen molar-refractivity contribution in [1.82, 2.24) is 10.2 Å². The summed E-state index contributed by atoms with van der Waals surface area (Å²) in [6, 6.07) is 14.4. The second-order valence-corrected chi connectivity index (χ2v) is 10.5. The first kappa shape index (κ1) is 27.8. The summed E-state index contributed by atoms with van der Waals surface area (Å²) < 4.78 is 22.6. The Hall–Kier alpha value is -3.76. The summed E-state index contributed by atoms with van der Waals surface area (Å²) >= 11 is 1.42. The van der Waals surface area contributed by atoms with Crippen molar-refractivity contribution in [2.75, 3.05) is 27.4 Å². The Morgan fingerprint density at radius 3 is 2.70 bits per heavy atom. The van der Waals surface area contributed by atoms with Gasteiger partial charge in [0.1, 0.15) is 18.1 Å². The molecule has 2 aromatic carbocycles. The van der Waals surface area contributed by atoms with E-state index in [9.17, 15) is 9.59 Å². The molecular formula is C30H33N3O6S. The van der Waals surface area contributed by atoms with Crippen LogP contribution in [0.3, 0.4) is 0 Å². The molecule has 1 amide bonds. The Bertz CT molecular complexity index is 1350. The second kappa shape index (κ2) is 12.6. The molecule has 210 valence electrons. The number of carbonyl (C=O) groups is 2. The van der Waals surface area contributed by atoms with Crippen molar-refractivity contribution in [3.05, 3.63) is 82.0 Å². The Morgan fingerprint density at radius 1 is 1.15 bits per heavy atom. The van der Waals surface area contributed by atoms with Crippen molar-refractivity contribution in [1.29, 1.82) is 0 Å². The van der Waals surface area contributed by atoms with Crippen molar-refractivity contribution in [3.63, 3.8) is 0 Å². The molecule has 0 saturated carbocycles. The first-order valence-electron chi connectivity index (χ1n) is 13.2. The lowest BCUT2D eigenvalue weighted by Crippen LogP contribution is -2.39. The van der Waals surface area contributed by atoms with Gasteiger partial charge in [-0.15, -0.1) is 0 Å². The van der Waals surface area contributed by atoms with Gasteiger partial charge in [0.2, 0.25) is 5.91 Å². The second-order valence-electron chi connectivity index (χ2n) is 9.68. The molecule has 1 saturated heterocycles. The lowest BCUT2D eigenvalue weighted by atomic mass is 9.93. The third-order valence-corrected chi connectivity index (χ3v) is 7.95. The Morgan fingerprint density at radius 2 is 1.98 bits per heavy atom. The van der Waals surface area contributed by atoms with E-state index in [-0.39, 0.29) is 25.0 Å². The number of hydrogen-bond acceptors (Lipinski definition) is 9. The van der Waals surface area contributed by atoms with Crippen LogP contribution < -0.4 is 14.8 Å². The normalized spacial score (nSPS) is 20.0. The molecule has 3 aliphatic rings. The van der Waals surface area contributed by atoms with Crippen molar-refractivity contribution in [3.8, 4) is 11.5 Å². The van der Waals surface area contributed by atoms with Gasteiger partial charge in [-0.2, -0.15) is 0 Å². The van der Waals surface area contributed by atoms with Gasteiger partial charge >= 0.3 is 5.97 Å². The lowest BCUT2D eigenvalue weighted by Gasteiger charge is -2.36. The van der Waals surface area contributed by atoms with Crippen LogP contribution in [0.5, 0.6) is 11.5 Å². The van der Waals surface area contributed by atoms with E-state index in [2.05, 4.69) is 5.32 Å². The molecule has 2 aromatic rings. The third-order valence-electron chi connectivity index (χ3n) is 7.06. The number of ether oxygens (including phenoxy) is 4. The number of nitrogens with one attached hydrogen (secondary N) is 1. The number of amides is 1. The monoisotopic (exact) mass is 563 g/mol. The molecule has 10 heteroatoms. The molecule has 2 atom stereocenters. The molecule has 3 aliphatic heterocycles. The highest BCUT2D eigenvalue weighted by atomic mass is 32.2. The standard InChI is InChI=1S/C30H33N3O6S/c1-19-27(29(35)39-17-20-8-5-4-6-9-20)28(24-12-11-22(36-2)15-25(24)37-3)33-21(18-40-30(33)32-19)14-26(34)31-16-23-10-7-13-38-23/h4-6,8-9,11-12,15,18,23,28H,7,10,13-14,16-17H2,1-3H3,(H,31,34)/t23-,28-/m1/s1. The summed E-state index contributed by atoms with van der Waals surface area (Å²) in [4.78, 5) is 33.4. The van der Waals surface area contributed by atoms with E-state index in [4.69, 9.17) is 23.9 Å². The Balaban J connectivity index is 1.45. The van der Waals surface area contributed by atoms with Crippen LogP contribution in [0.1, 0.15) is 43.4 Å². The number of amidine groups is 1. The van der Waals surface area contributed by atoms with E-state index >= 15 is 0 Å². The van der Waals surface area contributed by atoms with Crippen LogP contribution >= 0.6 is 11.8 Å². The van der Waals surface area contributed by atoms with Crippen molar-refractivity contribution >= 4 is 28.8 Å². The van der Waals surface area contributed by atoms with E-state index in [0.717, 1.165) is 36.3 Å². The van der Waals surface area contributed by atoms with E-state index < -0.39 is 12.0 Å². The van der Waals surface area contributed by atoms with Gasteiger partial charge in [-0.05, 0) is 42.9 Å². The van der Waals surface area contributed by atoms with E-state index in [0.29, 0.717) is 34.5 Å². The smallest absolute Gasteiger partial charge is 0.338 e. The molecule has 5 rings (SSSR count). The van der Waals surface area contributed by atoms with Gasteiger partial charge in [0.15, 0.2) is 5.17 Å². The maximum Gasteiger partial charge on any atom is 0.338 e. The number of allylic oxidation sites excluding steroid dienone is 1. The van der Waals surface area contributed by atoms with E-state index in [1.54, 1.807) is 27.2 Å². The van der Waals surface area contributed by atoms with Crippen LogP contribution in [0.2, 0.25) is 0 Å². The average molecular weight is 564 g/mol. The van der Waals surface area contributed by atoms with Crippen LogP contribution in [0.4, 0.5) is 0 Å². The highest BCUT2D eigenvalue weighted by molar-refractivity contribution is 8.16. The molecule has 3 heterocycles. The zero-order valence-electron chi connectivity index (χ0n) is 22.8. The molecule has 0 spiro atoms. The fourth-order valence-corrected chi connectivity index (χ4v) is 5.99. The third kappa shape index (κ3) is 6.03. The summed E-state index contributed by atoms with van der Waals surface area (Å²) in [5.41, 5.74) is 3.29. The lowest BCUT2D eigenvalue weighted by molar-refractivity contribution is -0.141. The fraction of sp³-hybridized carbons (Fsp3) is 0.367. The summed E-state index contributed by atoms with van der Waals surface area (Å²) in [6.07, 6.45) is 2.13. The first-order valence-corrected chi connectivity index (χ1v) is 14.1. The quantitative estimate of drug-likeness (QED) is 0.415. The zero-order valence-corrected chi connectivity index (χ0v) is 23.7. The van der Waals surface area contributed by atoms with Crippen molar-refractivity contribution < 1.29 is 28.5 Å². The maximum absolute atomic E-state index is 13.7. The van der Waals surface area contributed by atoms with Crippen LogP contribution in [-0.4, -0.2) is 55.4 Å². The van der Waals surface area contributed by atoms with Crippen LogP contribution in [0, 0.1) is 0 Å². The Kier molecular flexibility index (Phi) is 8.76. The predicted octanol–water partition coefficient (Wildman–Crippen LogP) is 4.71. The zero-order chi connectivity index (χ0) is 28.1. The maximum atomic E-state index is 13.7. The molecule has 0 radical (unpaired) electrons. The number of fused-ring (bicyclic) bond motifs is 1. The minimum absolute atomic E-state index is 0.0517. The van der Waals surface area contributed by atoms with Crippen LogP contribution in [0.25, 0.3) is 0 Å². The minimum Gasteiger partial charge on any atom is -0.497 e. The highest BCUT2D eigenvalue weighted by Gasteiger charge is 2.42. The van der Waals surface area contributed by atoms with Gasteiger partial charge in [0, 0.05) is 30.5 Å². The molecular weight excluding hydrogens is 530 g/mol. The number of hydrogen-bond donors (Lipinski definition) is 1. The molecule has 9 nitrogen and oxygen atoms in total. The van der Waals surface area contributed by atoms with Gasteiger partial charge in [-0.25, -0.2) is 9.79 Å². The van der Waals surface area contributed by atoms with Crippen molar-refractivity contribution in [2.45, 2.75) is 44.9 Å². The number of esters is 1. The number of rotatable bonds is 10. The Labute approximate surface area is 238 Å². The molecule has 1 fully saturated rings. The average Bonchev–Trinajstić information content (AvgIpc) is 3.64. The number of nitrogens with zero attached hydrogens (tertiary/aromatic N) is 2. The van der Waals surface area contributed by atoms with Gasteiger partial charge in [-0.3, -0.25) is 4.79 Å². The van der Waals surface area contributed by atoms with Crippen LogP contribution in [0.15, 0.2) is 75.9 Å². The molecule has 0 bridgehead atoms. The highest BCUT2D eigenvalue weighted by Crippen LogP contribution is 2.47.